The molecule has 160 valence electrons. The number of hydrogen-bond acceptors (Lipinski definition) is 4. The number of H-pyrrole nitrogens is 1. The first kappa shape index (κ1) is 21.5. The van der Waals surface area contributed by atoms with Gasteiger partial charge in [-0.25, -0.2) is 4.98 Å². The second kappa shape index (κ2) is 9.06. The van der Waals surface area contributed by atoms with Gasteiger partial charge >= 0.3 is 6.18 Å². The molecule has 0 unspecified atom stereocenters. The number of carbonyl (C=O) groups is 1. The van der Waals surface area contributed by atoms with Crippen LogP contribution in [-0.2, 0) is 11.0 Å². The molecule has 2 heterocycles. The van der Waals surface area contributed by atoms with Crippen LogP contribution in [0.1, 0.15) is 11.1 Å². The Bertz CT molecular complexity index is 906. The molecular formula is C21H23F3N3O3+. The highest BCUT2D eigenvalue weighted by molar-refractivity contribution is 5.92. The third-order valence-corrected chi connectivity index (χ3v) is 4.90. The van der Waals surface area contributed by atoms with Crippen molar-refractivity contribution in [2.24, 2.45) is 0 Å². The first-order chi connectivity index (χ1) is 14.3. The van der Waals surface area contributed by atoms with E-state index in [9.17, 15) is 18.0 Å². The van der Waals surface area contributed by atoms with Crippen LogP contribution in [0.3, 0.4) is 0 Å². The Morgan fingerprint density at radius 2 is 1.80 bits per heavy atom. The number of carbonyl (C=O) groups excluding carboxylic acids is 1. The van der Waals surface area contributed by atoms with E-state index >= 15 is 0 Å². The number of halogens is 3. The van der Waals surface area contributed by atoms with Gasteiger partial charge in [0.15, 0.2) is 0 Å². The first-order valence-corrected chi connectivity index (χ1v) is 9.34. The van der Waals surface area contributed by atoms with Crippen LogP contribution in [0.25, 0.3) is 6.08 Å². The third kappa shape index (κ3) is 5.03. The van der Waals surface area contributed by atoms with Gasteiger partial charge in [-0.15, -0.1) is 0 Å². The predicted molar refractivity (Wildman–Crippen MR) is 105 cm³/mol. The highest BCUT2D eigenvalue weighted by Crippen LogP contribution is 2.28. The van der Waals surface area contributed by atoms with Gasteiger partial charge in [0, 0.05) is 17.7 Å². The molecule has 3 rings (SSSR count). The van der Waals surface area contributed by atoms with Gasteiger partial charge in [-0.2, -0.15) is 13.2 Å². The van der Waals surface area contributed by atoms with Crippen molar-refractivity contribution >= 4 is 17.8 Å². The van der Waals surface area contributed by atoms with Gasteiger partial charge in [0.2, 0.25) is 5.91 Å². The van der Waals surface area contributed by atoms with Crippen LogP contribution in [0.15, 0.2) is 42.6 Å². The van der Waals surface area contributed by atoms with Crippen molar-refractivity contribution in [1.29, 1.82) is 0 Å². The van der Waals surface area contributed by atoms with E-state index in [-0.39, 0.29) is 5.91 Å². The number of amides is 1. The lowest BCUT2D eigenvalue weighted by molar-refractivity contribution is -0.367. The number of piperazine rings is 1. The minimum absolute atomic E-state index is 0.143. The number of nitrogens with one attached hydrogen (secondary N) is 1. The molecule has 0 radical (unpaired) electrons. The summed E-state index contributed by atoms with van der Waals surface area (Å²) >= 11 is 0. The summed E-state index contributed by atoms with van der Waals surface area (Å²) in [6.07, 6.45) is -0.258. The van der Waals surface area contributed by atoms with Crippen molar-refractivity contribution in [3.8, 4) is 11.5 Å². The molecule has 30 heavy (non-hydrogen) atoms. The molecule has 9 heteroatoms. The fraction of sp³-hybridized carbons (Fsp3) is 0.333. The summed E-state index contributed by atoms with van der Waals surface area (Å²) in [6, 6.07) is 7.78. The summed E-state index contributed by atoms with van der Waals surface area (Å²) in [4.78, 5) is 18.8. The van der Waals surface area contributed by atoms with Crippen molar-refractivity contribution in [1.82, 2.24) is 4.90 Å². The molecule has 2 aromatic rings. The van der Waals surface area contributed by atoms with E-state index in [1.165, 1.54) is 12.1 Å². The molecule has 0 saturated carbocycles. The summed E-state index contributed by atoms with van der Waals surface area (Å²) < 4.78 is 48.6. The summed E-state index contributed by atoms with van der Waals surface area (Å²) in [5, 5.41) is 0. The van der Waals surface area contributed by atoms with E-state index in [0.29, 0.717) is 43.5 Å². The van der Waals surface area contributed by atoms with Crippen LogP contribution in [0.4, 0.5) is 19.0 Å². The Kier molecular flexibility index (Phi) is 6.49. The third-order valence-electron chi connectivity index (χ3n) is 4.90. The minimum atomic E-state index is -4.38. The molecule has 0 atom stereocenters. The molecule has 1 fully saturated rings. The van der Waals surface area contributed by atoms with Crippen molar-refractivity contribution in [3.05, 3.63) is 53.7 Å². The van der Waals surface area contributed by atoms with E-state index in [1.807, 2.05) is 4.90 Å². The maximum Gasteiger partial charge on any atom is 0.419 e. The standard InChI is InChI=1S/C21H22F3N3O3/c1-29-17-5-6-18(30-2)15(13-17)3-8-20(28)27-11-9-26(10-12-27)19-7-4-16(14-25-19)21(22,23)24/h3-8,13-14H,9-12H2,1-2H3/p+1/b8-3+. The van der Waals surface area contributed by atoms with Crippen molar-refractivity contribution in [2.75, 3.05) is 45.3 Å². The second-order valence-corrected chi connectivity index (χ2v) is 6.71. The van der Waals surface area contributed by atoms with Crippen LogP contribution in [0.2, 0.25) is 0 Å². The highest BCUT2D eigenvalue weighted by atomic mass is 19.4. The average Bonchev–Trinajstić information content (AvgIpc) is 2.76. The summed E-state index contributed by atoms with van der Waals surface area (Å²) in [5.41, 5.74) is 0.00126. The molecule has 0 spiro atoms. The molecule has 1 aromatic carbocycles. The van der Waals surface area contributed by atoms with Gasteiger partial charge in [-0.3, -0.25) is 9.69 Å². The SMILES string of the molecule is COc1ccc(OC)c(/C=C/C(=O)N2CCN(c3ccc(C(F)(F)F)c[nH+]3)CC2)c1. The molecule has 0 bridgehead atoms. The van der Waals surface area contributed by atoms with Crippen LogP contribution < -0.4 is 19.4 Å². The highest BCUT2D eigenvalue weighted by Gasteiger charge is 2.32. The Balaban J connectivity index is 1.60. The number of methoxy groups -OCH3 is 2. The number of ether oxygens (including phenoxy) is 2. The zero-order chi connectivity index (χ0) is 21.7. The largest absolute Gasteiger partial charge is 0.497 e. The number of aromatic nitrogens is 1. The summed E-state index contributed by atoms with van der Waals surface area (Å²) in [7, 11) is 3.12. The number of hydrogen-bond donors (Lipinski definition) is 0. The minimum Gasteiger partial charge on any atom is -0.497 e. The van der Waals surface area contributed by atoms with Gasteiger partial charge < -0.3 is 14.4 Å². The Hall–Kier alpha value is -3.23. The number of benzene rings is 1. The molecule has 1 aliphatic rings. The number of aromatic amines is 1. The average molecular weight is 422 g/mol. The lowest BCUT2D eigenvalue weighted by Gasteiger charge is -2.30. The van der Waals surface area contributed by atoms with Gasteiger partial charge in [0.05, 0.1) is 32.9 Å². The van der Waals surface area contributed by atoms with Crippen LogP contribution in [0, 0.1) is 0 Å². The van der Waals surface area contributed by atoms with Gasteiger partial charge in [-0.05, 0) is 30.3 Å². The van der Waals surface area contributed by atoms with Crippen LogP contribution in [0.5, 0.6) is 11.5 Å². The topological polar surface area (TPSA) is 56.2 Å². The lowest BCUT2D eigenvalue weighted by Crippen LogP contribution is -2.49. The predicted octanol–water partition coefficient (Wildman–Crippen LogP) is 2.90. The zero-order valence-electron chi connectivity index (χ0n) is 16.7. The van der Waals surface area contributed by atoms with E-state index in [0.717, 1.165) is 17.8 Å². The van der Waals surface area contributed by atoms with Gasteiger partial charge in [0.25, 0.3) is 5.82 Å². The monoisotopic (exact) mass is 422 g/mol. The van der Waals surface area contributed by atoms with E-state index in [2.05, 4.69) is 4.98 Å². The lowest BCUT2D eigenvalue weighted by atomic mass is 10.1. The number of rotatable bonds is 5. The van der Waals surface area contributed by atoms with Crippen molar-refractivity contribution in [2.45, 2.75) is 6.18 Å². The van der Waals surface area contributed by atoms with E-state index < -0.39 is 11.7 Å². The number of pyridine rings is 1. The van der Waals surface area contributed by atoms with Crippen LogP contribution in [-0.4, -0.2) is 51.2 Å². The van der Waals surface area contributed by atoms with Crippen molar-refractivity contribution < 1.29 is 32.4 Å². The summed E-state index contributed by atoms with van der Waals surface area (Å²) in [6.45, 7) is 1.97. The fourth-order valence-corrected chi connectivity index (χ4v) is 3.19. The maximum absolute atomic E-state index is 12.7. The molecule has 1 saturated heterocycles. The molecule has 0 aliphatic carbocycles. The maximum atomic E-state index is 12.7. The smallest absolute Gasteiger partial charge is 0.419 e. The van der Waals surface area contributed by atoms with Gasteiger partial charge in [-0.1, -0.05) is 0 Å². The molecule has 1 amide bonds. The molecule has 1 aliphatic heterocycles. The fourth-order valence-electron chi connectivity index (χ4n) is 3.19. The van der Waals surface area contributed by atoms with Gasteiger partial charge in [0.1, 0.15) is 30.8 Å². The number of anilines is 1. The number of alkyl halides is 3. The van der Waals surface area contributed by atoms with Crippen LogP contribution >= 0.6 is 0 Å². The second-order valence-electron chi connectivity index (χ2n) is 6.71. The molecule has 1 N–H and O–H groups in total. The Morgan fingerprint density at radius 1 is 1.07 bits per heavy atom. The number of nitrogens with zero attached hydrogens (tertiary/aromatic N) is 2. The van der Waals surface area contributed by atoms with E-state index in [1.54, 1.807) is 43.4 Å². The molecular weight excluding hydrogens is 399 g/mol. The van der Waals surface area contributed by atoms with Crippen molar-refractivity contribution in [3.63, 3.8) is 0 Å². The molecule has 6 nitrogen and oxygen atoms in total. The first-order valence-electron chi connectivity index (χ1n) is 9.34. The normalized spacial score (nSPS) is 14.8. The summed E-state index contributed by atoms with van der Waals surface area (Å²) in [5.74, 6) is 1.73. The zero-order valence-corrected chi connectivity index (χ0v) is 16.7. The Labute approximate surface area is 172 Å². The van der Waals surface area contributed by atoms with E-state index in [4.69, 9.17) is 9.47 Å². The molecule has 1 aromatic heterocycles. The quantitative estimate of drug-likeness (QED) is 0.696. The Morgan fingerprint density at radius 3 is 2.37 bits per heavy atom.